The quantitative estimate of drug-likeness (QED) is 0.0738. The van der Waals surface area contributed by atoms with Crippen molar-refractivity contribution >= 4 is 17.7 Å². The third kappa shape index (κ3) is 13.5. The number of likely N-dealkylation sites (N-methyl/N-ethyl adjacent to an activating group) is 1. The number of aliphatic carboxylic acids is 1. The minimum Gasteiger partial charge on any atom is -0.494 e. The van der Waals surface area contributed by atoms with Crippen LogP contribution in [0.5, 0.6) is 5.75 Å². The molecule has 0 aliphatic carbocycles. The summed E-state index contributed by atoms with van der Waals surface area (Å²) in [5, 5.41) is 10.6. The lowest BCUT2D eigenvalue weighted by atomic mass is 10.0. The van der Waals surface area contributed by atoms with Crippen LogP contribution in [0.25, 0.3) is 11.3 Å². The average Bonchev–Trinajstić information content (AvgIpc) is 3.11. The number of amides is 1. The number of rotatable bonds is 16. The molecule has 1 atom stereocenters. The van der Waals surface area contributed by atoms with E-state index in [0.717, 1.165) is 48.0 Å². The second-order valence-electron chi connectivity index (χ2n) is 12.4. The van der Waals surface area contributed by atoms with Crippen molar-refractivity contribution < 1.29 is 41.8 Å². The second kappa shape index (κ2) is 20.0. The highest BCUT2D eigenvalue weighted by molar-refractivity contribution is 5.98. The van der Waals surface area contributed by atoms with Crippen LogP contribution in [0.1, 0.15) is 46.8 Å². The zero-order valence-electron chi connectivity index (χ0n) is 29.6. The molecule has 0 bridgehead atoms. The van der Waals surface area contributed by atoms with Crippen LogP contribution >= 0.6 is 0 Å². The van der Waals surface area contributed by atoms with E-state index >= 15 is 0 Å². The number of ketones is 1. The predicted octanol–water partition coefficient (Wildman–Crippen LogP) is 6.80. The van der Waals surface area contributed by atoms with Crippen molar-refractivity contribution in [3.8, 4) is 17.0 Å². The summed E-state index contributed by atoms with van der Waals surface area (Å²) in [6.45, 7) is 4.77. The van der Waals surface area contributed by atoms with Crippen molar-refractivity contribution in [1.82, 2.24) is 20.1 Å². The van der Waals surface area contributed by atoms with Crippen LogP contribution in [0.2, 0.25) is 0 Å². The summed E-state index contributed by atoms with van der Waals surface area (Å²) >= 11 is 0. The minimum atomic E-state index is -5.08. The maximum absolute atomic E-state index is 14.1. The first-order valence-corrected chi connectivity index (χ1v) is 16.6. The number of carbonyl (C=O) groups is 3. The molecule has 52 heavy (non-hydrogen) atoms. The molecule has 1 unspecified atom stereocenters. The number of carboxylic acid groups (broad SMARTS) is 1. The van der Waals surface area contributed by atoms with Gasteiger partial charge in [-0.2, -0.15) is 13.2 Å². The lowest BCUT2D eigenvalue weighted by Crippen LogP contribution is -2.43. The molecule has 9 nitrogen and oxygen atoms in total. The summed E-state index contributed by atoms with van der Waals surface area (Å²) in [7, 11) is 5.31. The number of Topliss-reactive ketones (excluding diaryl/α,β-unsaturated/α-hetero) is 1. The molecule has 4 aromatic rings. The fourth-order valence-corrected chi connectivity index (χ4v) is 5.25. The zero-order valence-corrected chi connectivity index (χ0v) is 29.6. The molecule has 0 radical (unpaired) electrons. The van der Waals surface area contributed by atoms with E-state index in [1.54, 1.807) is 0 Å². The molecule has 13 heteroatoms. The molecular formula is C39H44F4N4O5. The number of carbonyl (C=O) groups excluding carboxylic acids is 2. The number of ether oxygens (including phenoxy) is 1. The van der Waals surface area contributed by atoms with Gasteiger partial charge in [-0.1, -0.05) is 60.7 Å². The van der Waals surface area contributed by atoms with Crippen LogP contribution in [0.3, 0.4) is 0 Å². The van der Waals surface area contributed by atoms with Gasteiger partial charge in [-0.15, -0.1) is 0 Å². The molecule has 0 saturated carbocycles. The van der Waals surface area contributed by atoms with Crippen molar-refractivity contribution in [2.45, 2.75) is 51.5 Å². The Morgan fingerprint density at radius 3 is 2.12 bits per heavy atom. The van der Waals surface area contributed by atoms with E-state index in [0.29, 0.717) is 13.1 Å². The van der Waals surface area contributed by atoms with Gasteiger partial charge in [0, 0.05) is 55.8 Å². The summed E-state index contributed by atoms with van der Waals surface area (Å²) in [5.74, 6) is -3.68. The molecule has 278 valence electrons. The van der Waals surface area contributed by atoms with E-state index in [2.05, 4.69) is 40.6 Å². The molecule has 2 N–H and O–H groups in total. The Morgan fingerprint density at radius 2 is 1.56 bits per heavy atom. The number of hydrogen-bond acceptors (Lipinski definition) is 7. The number of benzene rings is 3. The molecule has 1 heterocycles. The first-order chi connectivity index (χ1) is 24.7. The Bertz CT molecular complexity index is 1730. The van der Waals surface area contributed by atoms with E-state index in [1.807, 2.05) is 73.4 Å². The van der Waals surface area contributed by atoms with Gasteiger partial charge in [0.05, 0.1) is 12.8 Å². The standard InChI is InChI=1S/C37H43FN4O3.C2HF3O2/c1-27(25-41(2)3)42(37(44)19-17-35(43)32-15-18-36(45-4)33(38)22-32)26-29-10-13-31(14-11-29)34-16-12-30(24-40-34)23-39-21-20-28-8-6-5-7-9-28;3-2(4,5)1(6)7/h5-16,18,22,24,27,39H,17,19-21,23,25-26H2,1-4H3;(H,6,7). The maximum Gasteiger partial charge on any atom is 0.490 e. The van der Waals surface area contributed by atoms with E-state index < -0.39 is 18.0 Å². The highest BCUT2D eigenvalue weighted by Gasteiger charge is 2.38. The first-order valence-electron chi connectivity index (χ1n) is 16.6. The normalized spacial score (nSPS) is 11.7. The fourth-order valence-electron chi connectivity index (χ4n) is 5.25. The van der Waals surface area contributed by atoms with Crippen molar-refractivity contribution in [3.05, 3.63) is 119 Å². The van der Waals surface area contributed by atoms with Crippen molar-refractivity contribution in [2.24, 2.45) is 0 Å². The average molecular weight is 725 g/mol. The molecule has 3 aromatic carbocycles. The fraction of sp³-hybridized carbons (Fsp3) is 0.333. The summed E-state index contributed by atoms with van der Waals surface area (Å²) in [6, 6.07) is 26.7. The van der Waals surface area contributed by atoms with Crippen molar-refractivity contribution in [1.29, 1.82) is 0 Å². The Morgan fingerprint density at radius 1 is 0.904 bits per heavy atom. The number of nitrogens with zero attached hydrogens (tertiary/aromatic N) is 3. The largest absolute Gasteiger partial charge is 0.494 e. The summed E-state index contributed by atoms with van der Waals surface area (Å²) in [6.07, 6.45) is -2.15. The SMILES string of the molecule is COc1ccc(C(=O)CCC(=O)N(Cc2ccc(-c3ccc(CNCCc4ccccc4)cn3)cc2)C(C)CN(C)C)cc1F.O=C(O)C(F)(F)F. The molecule has 0 saturated heterocycles. The van der Waals surface area contributed by atoms with Crippen LogP contribution in [0.4, 0.5) is 17.6 Å². The molecule has 0 spiro atoms. The third-order valence-corrected chi connectivity index (χ3v) is 7.95. The lowest BCUT2D eigenvalue weighted by molar-refractivity contribution is -0.192. The van der Waals surface area contributed by atoms with E-state index in [-0.39, 0.29) is 41.9 Å². The van der Waals surface area contributed by atoms with Crippen LogP contribution < -0.4 is 10.1 Å². The molecule has 1 amide bonds. The number of halogens is 4. The number of nitrogens with one attached hydrogen (secondary N) is 1. The third-order valence-electron chi connectivity index (χ3n) is 7.95. The van der Waals surface area contributed by atoms with Gasteiger partial charge in [0.25, 0.3) is 0 Å². The Hall–Kier alpha value is -5.14. The Kier molecular flexibility index (Phi) is 15.9. The van der Waals surface area contributed by atoms with Crippen LogP contribution in [-0.2, 0) is 29.1 Å². The number of pyridine rings is 1. The molecular weight excluding hydrogens is 680 g/mol. The van der Waals surface area contributed by atoms with E-state index in [4.69, 9.17) is 14.6 Å². The van der Waals surface area contributed by atoms with Crippen LogP contribution in [-0.4, -0.2) is 84.1 Å². The highest BCUT2D eigenvalue weighted by atomic mass is 19.4. The Balaban J connectivity index is 0.000000944. The summed E-state index contributed by atoms with van der Waals surface area (Å²) in [5.41, 5.74) is 5.55. The van der Waals surface area contributed by atoms with Gasteiger partial charge in [-0.25, -0.2) is 9.18 Å². The smallest absolute Gasteiger partial charge is 0.490 e. The monoisotopic (exact) mass is 724 g/mol. The molecule has 1 aromatic heterocycles. The minimum absolute atomic E-state index is 0.00106. The first kappa shape index (κ1) is 41.3. The predicted molar refractivity (Wildman–Crippen MR) is 190 cm³/mol. The van der Waals surface area contributed by atoms with Crippen molar-refractivity contribution in [3.63, 3.8) is 0 Å². The number of aromatic nitrogens is 1. The zero-order chi connectivity index (χ0) is 38.3. The highest BCUT2D eigenvalue weighted by Crippen LogP contribution is 2.22. The van der Waals surface area contributed by atoms with Gasteiger partial charge >= 0.3 is 12.1 Å². The number of alkyl halides is 3. The lowest BCUT2D eigenvalue weighted by Gasteiger charge is -2.31. The van der Waals surface area contributed by atoms with Gasteiger partial charge in [-0.05, 0) is 74.9 Å². The molecule has 0 aliphatic rings. The Labute approximate surface area is 301 Å². The van der Waals surface area contributed by atoms with Gasteiger partial charge < -0.3 is 25.0 Å². The number of hydrogen-bond donors (Lipinski definition) is 2. The number of carboxylic acids is 1. The molecule has 0 fully saturated rings. The molecule has 0 aliphatic heterocycles. The molecule has 4 rings (SSSR count). The van der Waals surface area contributed by atoms with Crippen LogP contribution in [0, 0.1) is 5.82 Å². The summed E-state index contributed by atoms with van der Waals surface area (Å²) in [4.78, 5) is 43.6. The topological polar surface area (TPSA) is 112 Å². The number of methoxy groups -OCH3 is 1. The second-order valence-corrected chi connectivity index (χ2v) is 12.4. The van der Waals surface area contributed by atoms with Crippen LogP contribution in [0.15, 0.2) is 91.1 Å². The van der Waals surface area contributed by atoms with Gasteiger partial charge in [0.15, 0.2) is 17.3 Å². The van der Waals surface area contributed by atoms with Crippen molar-refractivity contribution in [2.75, 3.05) is 34.3 Å². The van der Waals surface area contributed by atoms with Gasteiger partial charge in [0.2, 0.25) is 5.91 Å². The summed E-state index contributed by atoms with van der Waals surface area (Å²) < 4.78 is 50.8. The van der Waals surface area contributed by atoms with E-state index in [9.17, 15) is 27.2 Å². The van der Waals surface area contributed by atoms with Gasteiger partial charge in [-0.3, -0.25) is 14.6 Å². The maximum atomic E-state index is 14.1. The van der Waals surface area contributed by atoms with E-state index in [1.165, 1.54) is 24.8 Å². The van der Waals surface area contributed by atoms with Gasteiger partial charge in [0.1, 0.15) is 0 Å².